The molecule has 116 valence electrons. The van der Waals surface area contributed by atoms with Crippen LogP contribution in [-0.4, -0.2) is 39.5 Å². The number of nitrogens with zero attached hydrogens (tertiary/aromatic N) is 1. The highest BCUT2D eigenvalue weighted by atomic mass is 16.6. The second-order valence-corrected chi connectivity index (χ2v) is 4.81. The summed E-state index contributed by atoms with van der Waals surface area (Å²) in [4.78, 5) is 16.4. The van der Waals surface area contributed by atoms with Crippen molar-refractivity contribution in [3.63, 3.8) is 0 Å². The number of oxime groups is 1. The Balaban J connectivity index is 2.48. The molecule has 0 fully saturated rings. The number of benzene rings is 1. The summed E-state index contributed by atoms with van der Waals surface area (Å²) in [7, 11) is 3.15. The Morgan fingerprint density at radius 1 is 1.33 bits per heavy atom. The Labute approximate surface area is 125 Å². The fraction of sp³-hybridized carbons (Fsp3) is 0.467. The van der Waals surface area contributed by atoms with Crippen molar-refractivity contribution < 1.29 is 19.1 Å². The molecule has 0 heterocycles. The van der Waals surface area contributed by atoms with Gasteiger partial charge in [0, 0.05) is 18.2 Å². The van der Waals surface area contributed by atoms with Gasteiger partial charge in [-0.1, -0.05) is 19.0 Å². The third-order valence-corrected chi connectivity index (χ3v) is 2.61. The number of rotatable bonds is 8. The van der Waals surface area contributed by atoms with Crippen LogP contribution in [0.2, 0.25) is 0 Å². The lowest BCUT2D eigenvalue weighted by molar-refractivity contribution is -0.125. The number of carbonyl (C=O) groups excluding carboxylic acids is 1. The molecule has 0 radical (unpaired) electrons. The van der Waals surface area contributed by atoms with Gasteiger partial charge >= 0.3 is 0 Å². The predicted octanol–water partition coefficient (Wildman–Crippen LogP) is 1.83. The van der Waals surface area contributed by atoms with E-state index in [1.165, 1.54) is 6.21 Å². The lowest BCUT2D eigenvalue weighted by atomic mass is 10.2. The smallest absolute Gasteiger partial charge is 0.260 e. The first-order chi connectivity index (χ1) is 10.1. The molecule has 0 atom stereocenters. The van der Waals surface area contributed by atoms with Gasteiger partial charge in [-0.3, -0.25) is 4.79 Å². The maximum Gasteiger partial charge on any atom is 0.260 e. The summed E-state index contributed by atoms with van der Waals surface area (Å²) in [6.07, 6.45) is 1.49. The third-order valence-electron chi connectivity index (χ3n) is 2.61. The van der Waals surface area contributed by atoms with Crippen LogP contribution in [0.15, 0.2) is 23.4 Å². The normalized spacial score (nSPS) is 10.7. The highest BCUT2D eigenvalue weighted by Gasteiger charge is 2.04. The van der Waals surface area contributed by atoms with Crippen LogP contribution >= 0.6 is 0 Å². The molecule has 6 heteroatoms. The third kappa shape index (κ3) is 6.16. The van der Waals surface area contributed by atoms with Gasteiger partial charge in [-0.15, -0.1) is 0 Å². The average Bonchev–Trinajstić information content (AvgIpc) is 2.49. The molecule has 0 saturated heterocycles. The van der Waals surface area contributed by atoms with E-state index in [0.717, 1.165) is 5.56 Å². The predicted molar refractivity (Wildman–Crippen MR) is 80.9 cm³/mol. The van der Waals surface area contributed by atoms with Crippen molar-refractivity contribution in [2.45, 2.75) is 13.8 Å². The zero-order valence-electron chi connectivity index (χ0n) is 12.9. The molecular weight excluding hydrogens is 272 g/mol. The second-order valence-electron chi connectivity index (χ2n) is 4.81. The van der Waals surface area contributed by atoms with E-state index in [1.54, 1.807) is 32.4 Å². The maximum absolute atomic E-state index is 11.4. The van der Waals surface area contributed by atoms with Crippen LogP contribution in [0.1, 0.15) is 19.4 Å². The van der Waals surface area contributed by atoms with Crippen LogP contribution in [0.3, 0.4) is 0 Å². The van der Waals surface area contributed by atoms with Crippen LogP contribution in [0, 0.1) is 5.92 Å². The van der Waals surface area contributed by atoms with Gasteiger partial charge in [0.05, 0.1) is 20.4 Å². The summed E-state index contributed by atoms with van der Waals surface area (Å²) in [6, 6.07) is 5.33. The summed E-state index contributed by atoms with van der Waals surface area (Å²) in [5, 5.41) is 6.51. The van der Waals surface area contributed by atoms with E-state index in [-0.39, 0.29) is 12.5 Å². The van der Waals surface area contributed by atoms with Crippen molar-refractivity contribution in [2.75, 3.05) is 27.4 Å². The van der Waals surface area contributed by atoms with Gasteiger partial charge < -0.3 is 19.6 Å². The zero-order valence-corrected chi connectivity index (χ0v) is 12.9. The highest BCUT2D eigenvalue weighted by molar-refractivity contribution is 5.83. The van der Waals surface area contributed by atoms with E-state index >= 15 is 0 Å². The van der Waals surface area contributed by atoms with Crippen LogP contribution in [0.25, 0.3) is 0 Å². The molecule has 0 aliphatic heterocycles. The molecule has 1 rings (SSSR count). The zero-order chi connectivity index (χ0) is 15.7. The summed E-state index contributed by atoms with van der Waals surface area (Å²) in [6.45, 7) is 4.56. The summed E-state index contributed by atoms with van der Waals surface area (Å²) < 4.78 is 10.3. The molecule has 1 aromatic rings. The Hall–Kier alpha value is -2.24. The van der Waals surface area contributed by atoms with Crippen molar-refractivity contribution in [1.82, 2.24) is 5.32 Å². The van der Waals surface area contributed by atoms with E-state index in [9.17, 15) is 4.79 Å². The van der Waals surface area contributed by atoms with E-state index in [4.69, 9.17) is 14.3 Å². The van der Waals surface area contributed by atoms with Gasteiger partial charge in [-0.2, -0.15) is 0 Å². The fourth-order valence-electron chi connectivity index (χ4n) is 1.48. The average molecular weight is 294 g/mol. The fourth-order valence-corrected chi connectivity index (χ4v) is 1.48. The minimum Gasteiger partial charge on any atom is -0.497 e. The van der Waals surface area contributed by atoms with Gasteiger partial charge in [-0.25, -0.2) is 0 Å². The molecule has 0 aromatic heterocycles. The minimum atomic E-state index is -0.192. The number of hydrogen-bond donors (Lipinski definition) is 1. The molecule has 0 aliphatic carbocycles. The summed E-state index contributed by atoms with van der Waals surface area (Å²) in [5.74, 6) is 1.52. The largest absolute Gasteiger partial charge is 0.497 e. The van der Waals surface area contributed by atoms with E-state index in [1.807, 2.05) is 13.8 Å². The van der Waals surface area contributed by atoms with Gasteiger partial charge in [0.1, 0.15) is 11.5 Å². The van der Waals surface area contributed by atoms with Gasteiger partial charge in [0.2, 0.25) is 0 Å². The number of hydrogen-bond acceptors (Lipinski definition) is 5. The first kappa shape index (κ1) is 16.8. The van der Waals surface area contributed by atoms with Crippen molar-refractivity contribution in [3.05, 3.63) is 23.8 Å². The molecule has 0 saturated carbocycles. The standard InChI is InChI=1S/C15H22N2O4/c1-11(2)8-16-15(18)10-21-17-9-12-5-6-13(19-3)7-14(12)20-4/h5-7,9,11H,8,10H2,1-4H3,(H,16,18). The number of methoxy groups -OCH3 is 2. The van der Waals surface area contributed by atoms with E-state index in [2.05, 4.69) is 10.5 Å². The van der Waals surface area contributed by atoms with Crippen LogP contribution < -0.4 is 14.8 Å². The second kappa shape index (κ2) is 8.84. The summed E-state index contributed by atoms with van der Waals surface area (Å²) in [5.41, 5.74) is 0.737. The van der Waals surface area contributed by atoms with E-state index < -0.39 is 0 Å². The molecule has 0 aliphatic rings. The molecule has 21 heavy (non-hydrogen) atoms. The number of amides is 1. The minimum absolute atomic E-state index is 0.109. The molecule has 0 spiro atoms. The Morgan fingerprint density at radius 3 is 2.71 bits per heavy atom. The first-order valence-corrected chi connectivity index (χ1v) is 6.71. The monoisotopic (exact) mass is 294 g/mol. The topological polar surface area (TPSA) is 69.2 Å². The van der Waals surface area contributed by atoms with Crippen LogP contribution in [0.4, 0.5) is 0 Å². The molecule has 0 bridgehead atoms. The Bertz CT molecular complexity index is 487. The molecule has 1 amide bonds. The van der Waals surface area contributed by atoms with Gasteiger partial charge in [0.15, 0.2) is 6.61 Å². The van der Waals surface area contributed by atoms with E-state index in [0.29, 0.717) is 24.0 Å². The van der Waals surface area contributed by atoms with Crippen molar-refractivity contribution in [2.24, 2.45) is 11.1 Å². The lowest BCUT2D eigenvalue weighted by Gasteiger charge is -2.07. The first-order valence-electron chi connectivity index (χ1n) is 6.71. The van der Waals surface area contributed by atoms with Gasteiger partial charge in [-0.05, 0) is 18.1 Å². The molecule has 0 unspecified atom stereocenters. The molecule has 6 nitrogen and oxygen atoms in total. The van der Waals surface area contributed by atoms with Crippen molar-refractivity contribution in [3.8, 4) is 11.5 Å². The SMILES string of the molecule is COc1ccc(C=NOCC(=O)NCC(C)C)c(OC)c1. The molecule has 1 aromatic carbocycles. The number of carbonyl (C=O) groups is 1. The number of nitrogens with one attached hydrogen (secondary N) is 1. The summed E-state index contributed by atoms with van der Waals surface area (Å²) >= 11 is 0. The maximum atomic E-state index is 11.4. The quantitative estimate of drug-likeness (QED) is 0.586. The highest BCUT2D eigenvalue weighted by Crippen LogP contribution is 2.23. The van der Waals surface area contributed by atoms with Crippen molar-refractivity contribution >= 4 is 12.1 Å². The van der Waals surface area contributed by atoms with Crippen LogP contribution in [-0.2, 0) is 9.63 Å². The Morgan fingerprint density at radius 2 is 2.10 bits per heavy atom. The van der Waals surface area contributed by atoms with Gasteiger partial charge in [0.25, 0.3) is 5.91 Å². The lowest BCUT2D eigenvalue weighted by Crippen LogP contribution is -2.30. The molecular formula is C15H22N2O4. The number of ether oxygens (including phenoxy) is 2. The Kier molecular flexibility index (Phi) is 7.08. The van der Waals surface area contributed by atoms with Crippen LogP contribution in [0.5, 0.6) is 11.5 Å². The molecule has 1 N–H and O–H groups in total. The van der Waals surface area contributed by atoms with Crippen molar-refractivity contribution in [1.29, 1.82) is 0 Å².